The molecular weight excluding hydrogens is 390 g/mol. The molecule has 0 atom stereocenters. The molecule has 0 unspecified atom stereocenters. The molecule has 0 heterocycles. The van der Waals surface area contributed by atoms with Gasteiger partial charge in [0.1, 0.15) is 18.1 Å². The molecule has 0 saturated heterocycles. The Morgan fingerprint density at radius 3 is 2.21 bits per heavy atom. The maximum atomic E-state index is 12.5. The van der Waals surface area contributed by atoms with E-state index in [-0.39, 0.29) is 17.8 Å². The molecule has 2 aromatic rings. The molecule has 29 heavy (non-hydrogen) atoms. The summed E-state index contributed by atoms with van der Waals surface area (Å²) in [6.45, 7) is 7.58. The topological polar surface area (TPSA) is 88.7 Å². The molecule has 0 aliphatic carbocycles. The van der Waals surface area contributed by atoms with E-state index in [2.05, 4.69) is 22.7 Å². The van der Waals surface area contributed by atoms with Gasteiger partial charge >= 0.3 is 0 Å². The highest BCUT2D eigenvalue weighted by molar-refractivity contribution is 7.80. The van der Waals surface area contributed by atoms with Crippen molar-refractivity contribution in [2.24, 2.45) is 0 Å². The lowest BCUT2D eigenvalue weighted by Gasteiger charge is -2.15. The van der Waals surface area contributed by atoms with Crippen molar-refractivity contribution in [3.8, 4) is 11.5 Å². The number of nitrogens with one attached hydrogen (secondary N) is 3. The molecule has 0 bridgehead atoms. The molecule has 152 valence electrons. The zero-order chi connectivity index (χ0) is 21.2. The van der Waals surface area contributed by atoms with Crippen LogP contribution < -0.4 is 25.6 Å². The SMILES string of the molecule is C=CCOc1ccccc1C(=O)NNC(=S)NC(=O)c1ccccc1OC(C)C. The number of hydrazine groups is 1. The van der Waals surface area contributed by atoms with E-state index in [1.165, 1.54) is 0 Å². The third-order valence-corrected chi connectivity index (χ3v) is 3.70. The standard InChI is InChI=1S/C21H23N3O4S/c1-4-13-27-17-11-7-5-9-15(17)20(26)23-24-21(29)22-19(25)16-10-6-8-12-18(16)28-14(2)3/h4-12,14H,1,13H2,2-3H3,(H,23,26)(H2,22,24,25,29). The molecule has 7 nitrogen and oxygen atoms in total. The number of para-hydroxylation sites is 2. The molecule has 0 radical (unpaired) electrons. The maximum absolute atomic E-state index is 12.5. The fourth-order valence-corrected chi connectivity index (χ4v) is 2.47. The van der Waals surface area contributed by atoms with Crippen molar-refractivity contribution in [1.82, 2.24) is 16.2 Å². The van der Waals surface area contributed by atoms with Crippen molar-refractivity contribution in [3.05, 3.63) is 72.3 Å². The van der Waals surface area contributed by atoms with Gasteiger partial charge in [-0.15, -0.1) is 0 Å². The average Bonchev–Trinajstić information content (AvgIpc) is 2.70. The van der Waals surface area contributed by atoms with Crippen LogP contribution in [0.1, 0.15) is 34.6 Å². The predicted molar refractivity (Wildman–Crippen MR) is 115 cm³/mol. The second-order valence-electron chi connectivity index (χ2n) is 6.12. The van der Waals surface area contributed by atoms with Gasteiger partial charge in [0.2, 0.25) is 0 Å². The number of ether oxygens (including phenoxy) is 2. The third kappa shape index (κ3) is 6.62. The summed E-state index contributed by atoms with van der Waals surface area (Å²) in [5.41, 5.74) is 5.59. The minimum atomic E-state index is -0.468. The highest BCUT2D eigenvalue weighted by Crippen LogP contribution is 2.19. The molecular formula is C21H23N3O4S. The van der Waals surface area contributed by atoms with Crippen molar-refractivity contribution < 1.29 is 19.1 Å². The molecule has 0 saturated carbocycles. The van der Waals surface area contributed by atoms with Gasteiger partial charge in [0.15, 0.2) is 5.11 Å². The number of rotatable bonds is 7. The fraction of sp³-hybridized carbons (Fsp3) is 0.190. The fourth-order valence-electron chi connectivity index (χ4n) is 2.32. The summed E-state index contributed by atoms with van der Waals surface area (Å²) in [7, 11) is 0. The van der Waals surface area contributed by atoms with Gasteiger partial charge < -0.3 is 9.47 Å². The minimum absolute atomic E-state index is 0.0628. The lowest BCUT2D eigenvalue weighted by atomic mass is 10.2. The van der Waals surface area contributed by atoms with E-state index in [1.54, 1.807) is 54.6 Å². The molecule has 0 aromatic heterocycles. The number of thiocarbonyl (C=S) groups is 1. The second kappa shape index (κ2) is 10.8. The van der Waals surface area contributed by atoms with Crippen molar-refractivity contribution in [2.75, 3.05) is 6.61 Å². The van der Waals surface area contributed by atoms with Gasteiger partial charge in [-0.3, -0.25) is 25.8 Å². The summed E-state index contributed by atoms with van der Waals surface area (Å²) in [6, 6.07) is 13.6. The van der Waals surface area contributed by atoms with E-state index in [1.807, 2.05) is 13.8 Å². The molecule has 0 aliphatic rings. The lowest BCUT2D eigenvalue weighted by Crippen LogP contribution is -2.48. The first kappa shape index (κ1) is 21.9. The lowest BCUT2D eigenvalue weighted by molar-refractivity contribution is 0.0930. The van der Waals surface area contributed by atoms with Gasteiger partial charge in [0.25, 0.3) is 11.8 Å². The van der Waals surface area contributed by atoms with Gasteiger partial charge in [-0.05, 0) is 50.3 Å². The van der Waals surface area contributed by atoms with Gasteiger partial charge in [0.05, 0.1) is 17.2 Å². The Balaban J connectivity index is 1.96. The molecule has 8 heteroatoms. The van der Waals surface area contributed by atoms with E-state index in [4.69, 9.17) is 21.7 Å². The van der Waals surface area contributed by atoms with Gasteiger partial charge in [-0.25, -0.2) is 0 Å². The first-order chi connectivity index (χ1) is 13.9. The largest absolute Gasteiger partial charge is 0.490 e. The molecule has 2 amide bonds. The van der Waals surface area contributed by atoms with Gasteiger partial charge in [0, 0.05) is 0 Å². The highest BCUT2D eigenvalue weighted by atomic mass is 32.1. The Bertz CT molecular complexity index is 899. The maximum Gasteiger partial charge on any atom is 0.273 e. The van der Waals surface area contributed by atoms with Crippen LogP contribution in [0, 0.1) is 0 Å². The van der Waals surface area contributed by atoms with Crippen LogP contribution >= 0.6 is 12.2 Å². The van der Waals surface area contributed by atoms with E-state index in [0.717, 1.165) is 0 Å². The van der Waals surface area contributed by atoms with Crippen molar-refractivity contribution in [3.63, 3.8) is 0 Å². The number of hydrogen-bond acceptors (Lipinski definition) is 5. The van der Waals surface area contributed by atoms with E-state index >= 15 is 0 Å². The Kier molecular flexibility index (Phi) is 8.17. The van der Waals surface area contributed by atoms with Gasteiger partial charge in [-0.1, -0.05) is 36.9 Å². The minimum Gasteiger partial charge on any atom is -0.490 e. The van der Waals surface area contributed by atoms with Gasteiger partial charge in [-0.2, -0.15) is 0 Å². The first-order valence-electron chi connectivity index (χ1n) is 8.92. The number of hydrogen-bond donors (Lipinski definition) is 3. The van der Waals surface area contributed by atoms with Crippen molar-refractivity contribution >= 4 is 29.1 Å². The third-order valence-electron chi connectivity index (χ3n) is 3.50. The normalized spacial score (nSPS) is 10.0. The summed E-state index contributed by atoms with van der Waals surface area (Å²) >= 11 is 5.09. The Morgan fingerprint density at radius 1 is 1.00 bits per heavy atom. The highest BCUT2D eigenvalue weighted by Gasteiger charge is 2.16. The smallest absolute Gasteiger partial charge is 0.273 e. The Hall–Kier alpha value is -3.39. The van der Waals surface area contributed by atoms with E-state index < -0.39 is 11.8 Å². The second-order valence-corrected chi connectivity index (χ2v) is 6.53. The molecule has 0 spiro atoms. The summed E-state index contributed by atoms with van der Waals surface area (Å²) in [5.74, 6) is -0.0749. The van der Waals surface area contributed by atoms with Crippen LogP contribution in [0.3, 0.4) is 0 Å². The number of benzene rings is 2. The number of amides is 2. The summed E-state index contributed by atoms with van der Waals surface area (Å²) in [4.78, 5) is 24.9. The van der Waals surface area contributed by atoms with E-state index in [9.17, 15) is 9.59 Å². The average molecular weight is 413 g/mol. The van der Waals surface area contributed by atoms with Crippen LogP contribution in [-0.4, -0.2) is 29.6 Å². The number of carbonyl (C=O) groups is 2. The van der Waals surface area contributed by atoms with Crippen LogP contribution in [0.5, 0.6) is 11.5 Å². The molecule has 3 N–H and O–H groups in total. The molecule has 0 fully saturated rings. The summed E-state index contributed by atoms with van der Waals surface area (Å²) in [5, 5.41) is 2.44. The van der Waals surface area contributed by atoms with Crippen LogP contribution in [-0.2, 0) is 0 Å². The molecule has 2 aromatic carbocycles. The zero-order valence-corrected chi connectivity index (χ0v) is 17.0. The number of carbonyl (C=O) groups excluding carboxylic acids is 2. The van der Waals surface area contributed by atoms with Crippen molar-refractivity contribution in [2.45, 2.75) is 20.0 Å². The van der Waals surface area contributed by atoms with Crippen LogP contribution in [0.25, 0.3) is 0 Å². The predicted octanol–water partition coefficient (Wildman–Crippen LogP) is 2.99. The summed E-state index contributed by atoms with van der Waals surface area (Å²) < 4.78 is 11.1. The van der Waals surface area contributed by atoms with Crippen LogP contribution in [0.2, 0.25) is 0 Å². The Labute approximate surface area is 175 Å². The molecule has 0 aliphatic heterocycles. The first-order valence-corrected chi connectivity index (χ1v) is 9.33. The zero-order valence-electron chi connectivity index (χ0n) is 16.2. The monoisotopic (exact) mass is 413 g/mol. The Morgan fingerprint density at radius 2 is 1.59 bits per heavy atom. The quantitative estimate of drug-likeness (QED) is 0.367. The van der Waals surface area contributed by atoms with Crippen LogP contribution in [0.15, 0.2) is 61.2 Å². The van der Waals surface area contributed by atoms with Crippen LogP contribution in [0.4, 0.5) is 0 Å². The summed E-state index contributed by atoms with van der Waals surface area (Å²) in [6.07, 6.45) is 1.50. The van der Waals surface area contributed by atoms with E-state index in [0.29, 0.717) is 22.6 Å². The molecule has 2 rings (SSSR count). The van der Waals surface area contributed by atoms with Crippen molar-refractivity contribution in [1.29, 1.82) is 0 Å².